The van der Waals surface area contributed by atoms with Gasteiger partial charge in [0.2, 0.25) is 5.91 Å². The molecule has 6 heteroatoms. The van der Waals surface area contributed by atoms with E-state index < -0.39 is 9.05 Å². The SMILES string of the molecule is C[C@@H](NC(=O)Cc1ccc(S(=O)(=O)Cl)cc1)c1ccccc1. The minimum absolute atomic E-state index is 0.0241. The normalized spacial score (nSPS) is 12.6. The van der Waals surface area contributed by atoms with Crippen LogP contribution in [0.3, 0.4) is 0 Å². The van der Waals surface area contributed by atoms with Crippen molar-refractivity contribution in [3.05, 3.63) is 65.7 Å². The fraction of sp³-hybridized carbons (Fsp3) is 0.188. The van der Waals surface area contributed by atoms with Crippen LogP contribution in [0.4, 0.5) is 0 Å². The summed E-state index contributed by atoms with van der Waals surface area (Å²) in [5, 5.41) is 2.91. The average molecular weight is 338 g/mol. The van der Waals surface area contributed by atoms with Crippen molar-refractivity contribution in [1.82, 2.24) is 5.32 Å². The molecule has 0 fully saturated rings. The van der Waals surface area contributed by atoms with Gasteiger partial charge in [-0.15, -0.1) is 0 Å². The molecule has 4 nitrogen and oxygen atoms in total. The monoisotopic (exact) mass is 337 g/mol. The van der Waals surface area contributed by atoms with Crippen molar-refractivity contribution in [2.24, 2.45) is 0 Å². The summed E-state index contributed by atoms with van der Waals surface area (Å²) in [5.41, 5.74) is 1.75. The van der Waals surface area contributed by atoms with Crippen LogP contribution in [-0.2, 0) is 20.3 Å². The van der Waals surface area contributed by atoms with E-state index in [9.17, 15) is 13.2 Å². The molecule has 0 bridgehead atoms. The van der Waals surface area contributed by atoms with Crippen LogP contribution in [0.2, 0.25) is 0 Å². The fourth-order valence-corrected chi connectivity index (χ4v) is 2.84. The maximum absolute atomic E-state index is 12.0. The lowest BCUT2D eigenvalue weighted by molar-refractivity contribution is -0.121. The molecule has 116 valence electrons. The summed E-state index contributed by atoms with van der Waals surface area (Å²) in [6.45, 7) is 1.91. The van der Waals surface area contributed by atoms with Crippen molar-refractivity contribution in [3.63, 3.8) is 0 Å². The van der Waals surface area contributed by atoms with Crippen molar-refractivity contribution in [3.8, 4) is 0 Å². The molecule has 0 spiro atoms. The Labute approximate surface area is 134 Å². The van der Waals surface area contributed by atoms with E-state index in [-0.39, 0.29) is 23.3 Å². The van der Waals surface area contributed by atoms with Crippen molar-refractivity contribution in [2.45, 2.75) is 24.3 Å². The number of carbonyl (C=O) groups excluding carboxylic acids is 1. The highest BCUT2D eigenvalue weighted by Crippen LogP contribution is 2.16. The number of halogens is 1. The number of nitrogens with one attached hydrogen (secondary N) is 1. The fourth-order valence-electron chi connectivity index (χ4n) is 2.07. The Morgan fingerprint density at radius 1 is 1.09 bits per heavy atom. The van der Waals surface area contributed by atoms with Crippen molar-refractivity contribution in [1.29, 1.82) is 0 Å². The molecule has 1 amide bonds. The number of hydrogen-bond acceptors (Lipinski definition) is 3. The van der Waals surface area contributed by atoms with E-state index in [1.807, 2.05) is 37.3 Å². The first kappa shape index (κ1) is 16.5. The standard InChI is InChI=1S/C16H16ClNO3S/c1-12(14-5-3-2-4-6-14)18-16(19)11-13-7-9-15(10-8-13)22(17,20)21/h2-10,12H,11H2,1H3,(H,18,19)/t12-/m1/s1. The molecule has 0 saturated heterocycles. The number of carbonyl (C=O) groups is 1. The maximum Gasteiger partial charge on any atom is 0.261 e. The van der Waals surface area contributed by atoms with Gasteiger partial charge in [0.1, 0.15) is 0 Å². The molecule has 0 saturated carbocycles. The number of rotatable bonds is 5. The van der Waals surface area contributed by atoms with E-state index in [0.29, 0.717) is 0 Å². The van der Waals surface area contributed by atoms with Gasteiger partial charge in [-0.05, 0) is 30.2 Å². The third-order valence-electron chi connectivity index (χ3n) is 3.25. The number of benzene rings is 2. The molecule has 0 aromatic heterocycles. The third kappa shape index (κ3) is 4.58. The van der Waals surface area contributed by atoms with Crippen LogP contribution in [0.25, 0.3) is 0 Å². The predicted molar refractivity (Wildman–Crippen MR) is 86.2 cm³/mol. The second-order valence-corrected chi connectivity index (χ2v) is 7.52. The van der Waals surface area contributed by atoms with Crippen LogP contribution in [-0.4, -0.2) is 14.3 Å². The minimum Gasteiger partial charge on any atom is -0.349 e. The van der Waals surface area contributed by atoms with Gasteiger partial charge in [-0.2, -0.15) is 0 Å². The molecule has 0 aliphatic heterocycles. The summed E-state index contributed by atoms with van der Waals surface area (Å²) < 4.78 is 22.3. The van der Waals surface area contributed by atoms with Gasteiger partial charge in [0.05, 0.1) is 17.4 Å². The van der Waals surface area contributed by atoms with Crippen LogP contribution < -0.4 is 5.32 Å². The van der Waals surface area contributed by atoms with E-state index >= 15 is 0 Å². The topological polar surface area (TPSA) is 63.2 Å². The van der Waals surface area contributed by atoms with Crippen LogP contribution in [0.15, 0.2) is 59.5 Å². The molecule has 22 heavy (non-hydrogen) atoms. The Kier molecular flexibility index (Phi) is 5.21. The first-order valence-electron chi connectivity index (χ1n) is 6.74. The smallest absolute Gasteiger partial charge is 0.261 e. The Balaban J connectivity index is 1.98. The zero-order chi connectivity index (χ0) is 16.2. The van der Waals surface area contributed by atoms with Gasteiger partial charge in [-0.3, -0.25) is 4.79 Å². The quantitative estimate of drug-likeness (QED) is 0.853. The molecule has 2 aromatic carbocycles. The Morgan fingerprint density at radius 3 is 2.23 bits per heavy atom. The molecule has 0 aliphatic carbocycles. The summed E-state index contributed by atoms with van der Waals surface area (Å²) in [6.07, 6.45) is 0.180. The van der Waals surface area contributed by atoms with Gasteiger partial charge in [-0.1, -0.05) is 42.5 Å². The Morgan fingerprint density at radius 2 is 1.68 bits per heavy atom. The second-order valence-electron chi connectivity index (χ2n) is 4.96. The van der Waals surface area contributed by atoms with Crippen LogP contribution in [0, 0.1) is 0 Å². The lowest BCUT2D eigenvalue weighted by Gasteiger charge is -2.14. The molecule has 0 heterocycles. The van der Waals surface area contributed by atoms with Crippen LogP contribution in [0.1, 0.15) is 24.1 Å². The van der Waals surface area contributed by atoms with Gasteiger partial charge in [-0.25, -0.2) is 8.42 Å². The highest BCUT2D eigenvalue weighted by Gasteiger charge is 2.12. The first-order chi connectivity index (χ1) is 10.4. The van der Waals surface area contributed by atoms with E-state index in [1.165, 1.54) is 12.1 Å². The van der Waals surface area contributed by atoms with E-state index in [1.54, 1.807) is 12.1 Å². The minimum atomic E-state index is -3.73. The second kappa shape index (κ2) is 6.94. The van der Waals surface area contributed by atoms with Gasteiger partial charge >= 0.3 is 0 Å². The average Bonchev–Trinajstić information content (AvgIpc) is 2.47. The van der Waals surface area contributed by atoms with Gasteiger partial charge in [0.25, 0.3) is 9.05 Å². The van der Waals surface area contributed by atoms with Gasteiger partial charge in [0, 0.05) is 10.7 Å². The molecule has 0 aliphatic rings. The Bertz CT molecular complexity index is 743. The summed E-state index contributed by atoms with van der Waals surface area (Å²) in [5.74, 6) is -0.127. The van der Waals surface area contributed by atoms with E-state index in [2.05, 4.69) is 5.32 Å². The van der Waals surface area contributed by atoms with Gasteiger partial charge in [0.15, 0.2) is 0 Å². The van der Waals surface area contributed by atoms with Crippen molar-refractivity contribution >= 4 is 25.6 Å². The zero-order valence-electron chi connectivity index (χ0n) is 12.0. The van der Waals surface area contributed by atoms with E-state index in [0.717, 1.165) is 11.1 Å². The lowest BCUT2D eigenvalue weighted by atomic mass is 10.1. The largest absolute Gasteiger partial charge is 0.349 e. The van der Waals surface area contributed by atoms with Crippen molar-refractivity contribution < 1.29 is 13.2 Å². The summed E-state index contributed by atoms with van der Waals surface area (Å²) in [6, 6.07) is 15.5. The lowest BCUT2D eigenvalue weighted by Crippen LogP contribution is -2.28. The van der Waals surface area contributed by atoms with Crippen LogP contribution >= 0.6 is 10.7 Å². The summed E-state index contributed by atoms with van der Waals surface area (Å²) in [7, 11) is 1.51. The maximum atomic E-state index is 12.0. The zero-order valence-corrected chi connectivity index (χ0v) is 13.6. The van der Waals surface area contributed by atoms with E-state index in [4.69, 9.17) is 10.7 Å². The van der Waals surface area contributed by atoms with Crippen LogP contribution in [0.5, 0.6) is 0 Å². The molecule has 0 radical (unpaired) electrons. The third-order valence-corrected chi connectivity index (χ3v) is 4.62. The molecule has 0 unspecified atom stereocenters. The number of hydrogen-bond donors (Lipinski definition) is 1. The van der Waals surface area contributed by atoms with Gasteiger partial charge < -0.3 is 5.32 Å². The Hall–Kier alpha value is -1.85. The van der Waals surface area contributed by atoms with Crippen molar-refractivity contribution in [2.75, 3.05) is 0 Å². The molecule has 2 aromatic rings. The molecular formula is C16H16ClNO3S. The molecule has 1 N–H and O–H groups in total. The molecular weight excluding hydrogens is 322 g/mol. The highest BCUT2D eigenvalue weighted by atomic mass is 35.7. The predicted octanol–water partition coefficient (Wildman–Crippen LogP) is 3.03. The summed E-state index contributed by atoms with van der Waals surface area (Å²) in [4.78, 5) is 12.0. The molecule has 2 rings (SSSR count). The summed E-state index contributed by atoms with van der Waals surface area (Å²) >= 11 is 0. The number of amides is 1. The first-order valence-corrected chi connectivity index (χ1v) is 9.05. The molecule has 1 atom stereocenters. The highest BCUT2D eigenvalue weighted by molar-refractivity contribution is 8.13.